The Balaban J connectivity index is 2.32. The topological polar surface area (TPSA) is 78.4 Å². The van der Waals surface area contributed by atoms with Gasteiger partial charge in [0.1, 0.15) is 3.74 Å². The van der Waals surface area contributed by atoms with Gasteiger partial charge in [0.25, 0.3) is 0 Å². The molecule has 1 aromatic rings. The highest BCUT2D eigenvalue weighted by Gasteiger charge is 2.33. The van der Waals surface area contributed by atoms with Crippen LogP contribution in [0.2, 0.25) is 0 Å². The Morgan fingerprint density at radius 3 is 2.25 bits per heavy atom. The second kappa shape index (κ2) is 6.41. The average Bonchev–Trinajstić information content (AvgIpc) is 2.64. The van der Waals surface area contributed by atoms with Crippen LogP contribution in [0, 0.1) is 17.2 Å². The van der Waals surface area contributed by atoms with E-state index in [0.717, 1.165) is 25.8 Å². The summed E-state index contributed by atoms with van der Waals surface area (Å²) >= 11 is 1.41. The highest BCUT2D eigenvalue weighted by atomic mass is 35.7. The first-order valence-electron chi connectivity index (χ1n) is 5.54. The Kier molecular flexibility index (Phi) is 5.25. The standard InChI is InChI=1S/C12H13ClO4S3/c1-8-4-6-10(7-5-8)11-9(2)12(18-3)20(19-11)17-13(14,15)16/h4-7H,1-3H3. The highest BCUT2D eigenvalue weighted by molar-refractivity contribution is 8.87. The van der Waals surface area contributed by atoms with Gasteiger partial charge < -0.3 is 0 Å². The summed E-state index contributed by atoms with van der Waals surface area (Å²) in [4.78, 5) is 0.955. The summed E-state index contributed by atoms with van der Waals surface area (Å²) in [6, 6.07) is 7.95. The lowest BCUT2D eigenvalue weighted by Gasteiger charge is -2.12. The predicted molar refractivity (Wildman–Crippen MR) is 78.6 cm³/mol. The summed E-state index contributed by atoms with van der Waals surface area (Å²) in [6.45, 7) is 3.92. The number of hydrogen-bond donors (Lipinski definition) is 0. The fraction of sp³-hybridized carbons (Fsp3) is 0.250. The molecule has 1 aliphatic rings. The molecule has 4 nitrogen and oxygen atoms in total. The molecule has 0 amide bonds. The van der Waals surface area contributed by atoms with Crippen molar-refractivity contribution in [3.63, 3.8) is 0 Å². The van der Waals surface area contributed by atoms with Crippen LogP contribution in [0.4, 0.5) is 0 Å². The molecule has 1 aromatic carbocycles. The number of halogens is 1. The van der Waals surface area contributed by atoms with Crippen molar-refractivity contribution in [2.24, 2.45) is 0 Å². The Morgan fingerprint density at radius 1 is 1.15 bits per heavy atom. The van der Waals surface area contributed by atoms with E-state index in [1.165, 1.54) is 22.6 Å². The summed E-state index contributed by atoms with van der Waals surface area (Å²) in [6.07, 6.45) is 1.84. The average molecular weight is 353 g/mol. The first-order chi connectivity index (χ1) is 9.31. The molecule has 0 radical (unpaired) electrons. The quantitative estimate of drug-likeness (QED) is 0.596. The van der Waals surface area contributed by atoms with Gasteiger partial charge in [-0.15, -0.1) is 11.8 Å². The minimum Gasteiger partial charge on any atom is -0.182 e. The molecule has 1 unspecified atom stereocenters. The number of aryl methyl sites for hydroxylation is 1. The zero-order valence-electron chi connectivity index (χ0n) is 11.0. The second-order valence-electron chi connectivity index (χ2n) is 4.07. The Hall–Kier alpha value is 0.01000. The maximum Gasteiger partial charge on any atom is 0.186 e. The van der Waals surface area contributed by atoms with Gasteiger partial charge >= 0.3 is 0 Å². The van der Waals surface area contributed by atoms with E-state index in [0.29, 0.717) is 0 Å². The van der Waals surface area contributed by atoms with Crippen LogP contribution in [0.3, 0.4) is 0 Å². The van der Waals surface area contributed by atoms with Crippen LogP contribution in [0.15, 0.2) is 29.8 Å². The maximum absolute atomic E-state index is 10.8. The molecule has 0 aromatic heterocycles. The van der Waals surface area contributed by atoms with Gasteiger partial charge in [-0.2, -0.15) is 14.0 Å². The number of rotatable bonds is 3. The summed E-state index contributed by atoms with van der Waals surface area (Å²) in [7, 11) is -4.24. The maximum atomic E-state index is 10.8. The van der Waals surface area contributed by atoms with Gasteiger partial charge in [-0.25, -0.2) is 0 Å². The van der Waals surface area contributed by atoms with E-state index in [1.807, 2.05) is 44.4 Å². The van der Waals surface area contributed by atoms with Gasteiger partial charge in [-0.05, 0) is 42.0 Å². The minimum atomic E-state index is -4.42. The van der Waals surface area contributed by atoms with Crippen LogP contribution >= 0.6 is 32.4 Å². The molecular weight excluding hydrogens is 340 g/mol. The van der Waals surface area contributed by atoms with Gasteiger partial charge in [0.2, 0.25) is 0 Å². The van der Waals surface area contributed by atoms with Crippen molar-refractivity contribution < 1.29 is 28.0 Å². The van der Waals surface area contributed by atoms with E-state index in [-0.39, 0.29) is 0 Å². The summed E-state index contributed by atoms with van der Waals surface area (Å²) in [5, 5.41) is 0. The Morgan fingerprint density at radius 2 is 1.75 bits per heavy atom. The monoisotopic (exact) mass is 352 g/mol. The molecule has 2 rings (SSSR count). The lowest BCUT2D eigenvalue weighted by atomic mass is 10.1. The van der Waals surface area contributed by atoms with Crippen LogP contribution in [0.25, 0.3) is 4.91 Å². The zero-order chi connectivity index (χ0) is 14.9. The largest absolute Gasteiger partial charge is 0.186 e. The van der Waals surface area contributed by atoms with Gasteiger partial charge in [0.05, 0.1) is 14.4 Å². The van der Waals surface area contributed by atoms with Crippen molar-refractivity contribution >= 4 is 41.5 Å². The minimum absolute atomic E-state index is 0.789. The van der Waals surface area contributed by atoms with E-state index in [4.69, 9.17) is 0 Å². The predicted octanol–water partition coefficient (Wildman–Crippen LogP) is 0.979. The summed E-state index contributed by atoms with van der Waals surface area (Å²) in [5.41, 5.74) is 3.12. The molecule has 0 fully saturated rings. The first-order valence-corrected chi connectivity index (χ1v) is 10.5. The molecule has 0 bridgehead atoms. The SMILES string of the molecule is CSC1=S(O[Cl+3]([O-])([O-])[O-])SC(c2ccc(C)cc2)=C1C. The Bertz CT molecular complexity index is 575. The van der Waals surface area contributed by atoms with Gasteiger partial charge in [0, 0.05) is 4.91 Å². The van der Waals surface area contributed by atoms with E-state index in [9.17, 15) is 14.0 Å². The van der Waals surface area contributed by atoms with Gasteiger partial charge in [-0.3, -0.25) is 0 Å². The second-order valence-corrected chi connectivity index (χ2v) is 9.27. The first kappa shape index (κ1) is 16.4. The molecule has 0 aliphatic carbocycles. The fourth-order valence-corrected chi connectivity index (χ4v) is 8.38. The van der Waals surface area contributed by atoms with Gasteiger partial charge in [-0.1, -0.05) is 29.8 Å². The van der Waals surface area contributed by atoms with Gasteiger partial charge in [0.15, 0.2) is 9.80 Å². The molecular formula is C12H13ClO4S3. The van der Waals surface area contributed by atoms with Crippen LogP contribution in [-0.4, -0.2) is 10.5 Å². The number of hydrogen-bond acceptors (Lipinski definition) is 6. The molecule has 110 valence electrons. The molecule has 8 heteroatoms. The van der Waals surface area contributed by atoms with E-state index in [1.54, 1.807) is 0 Å². The van der Waals surface area contributed by atoms with Crippen molar-refractivity contribution in [1.82, 2.24) is 0 Å². The van der Waals surface area contributed by atoms with Crippen LogP contribution < -0.4 is 14.0 Å². The third-order valence-electron chi connectivity index (χ3n) is 2.59. The van der Waals surface area contributed by atoms with E-state index < -0.39 is 20.0 Å². The molecule has 0 saturated heterocycles. The molecule has 1 heterocycles. The lowest BCUT2D eigenvalue weighted by Crippen LogP contribution is -2.60. The fourth-order valence-electron chi connectivity index (χ4n) is 1.70. The molecule has 1 aliphatic heterocycles. The summed E-state index contributed by atoms with van der Waals surface area (Å²) in [5.74, 6) is 0. The molecule has 0 saturated carbocycles. The smallest absolute Gasteiger partial charge is 0.182 e. The Labute approximate surface area is 130 Å². The van der Waals surface area contributed by atoms with E-state index in [2.05, 4.69) is 3.74 Å². The van der Waals surface area contributed by atoms with E-state index >= 15 is 0 Å². The van der Waals surface area contributed by atoms with Crippen molar-refractivity contribution in [3.05, 3.63) is 41.0 Å². The van der Waals surface area contributed by atoms with Crippen LogP contribution in [0.1, 0.15) is 18.1 Å². The molecule has 0 N–H and O–H groups in total. The number of thioether (sulfide) groups is 1. The molecule has 0 spiro atoms. The van der Waals surface area contributed by atoms with Crippen molar-refractivity contribution in [2.45, 2.75) is 13.8 Å². The van der Waals surface area contributed by atoms with Crippen molar-refractivity contribution in [1.29, 1.82) is 0 Å². The van der Waals surface area contributed by atoms with Crippen LogP contribution in [-0.2, 0) is 3.74 Å². The molecule has 20 heavy (non-hydrogen) atoms. The third-order valence-corrected chi connectivity index (χ3v) is 9.00. The molecule has 1 atom stereocenters. The zero-order valence-corrected chi connectivity index (χ0v) is 14.3. The number of benzene rings is 1. The normalized spacial score (nSPS) is 19.9. The van der Waals surface area contributed by atoms with Crippen molar-refractivity contribution in [2.75, 3.05) is 6.26 Å². The summed E-state index contributed by atoms with van der Waals surface area (Å²) < 4.78 is 37.8. The van der Waals surface area contributed by atoms with Crippen LogP contribution in [0.5, 0.6) is 0 Å². The van der Waals surface area contributed by atoms with Crippen molar-refractivity contribution in [3.8, 4) is 0 Å². The third kappa shape index (κ3) is 3.80. The lowest BCUT2D eigenvalue weighted by molar-refractivity contribution is -1.91. The highest BCUT2D eigenvalue weighted by Crippen LogP contribution is 2.54.